The second-order valence-corrected chi connectivity index (χ2v) is 3.39. The summed E-state index contributed by atoms with van der Waals surface area (Å²) in [5.41, 5.74) is 0.609. The van der Waals surface area contributed by atoms with E-state index in [4.69, 9.17) is 5.11 Å². The van der Waals surface area contributed by atoms with E-state index in [1.165, 1.54) is 0 Å². The zero-order valence-electron chi connectivity index (χ0n) is 8.94. The van der Waals surface area contributed by atoms with Gasteiger partial charge in [0.05, 0.1) is 24.7 Å². The Morgan fingerprint density at radius 1 is 1.50 bits per heavy atom. The monoisotopic (exact) mass is 195 g/mol. The van der Waals surface area contributed by atoms with Crippen LogP contribution < -0.4 is 4.90 Å². The van der Waals surface area contributed by atoms with Gasteiger partial charge in [-0.3, -0.25) is 4.98 Å². The van der Waals surface area contributed by atoms with Gasteiger partial charge < -0.3 is 10.0 Å². The van der Waals surface area contributed by atoms with Crippen LogP contribution in [-0.2, 0) is 6.61 Å². The van der Waals surface area contributed by atoms with Gasteiger partial charge in [-0.1, -0.05) is 6.92 Å². The fraction of sp³-hybridized carbons (Fsp3) is 0.600. The van der Waals surface area contributed by atoms with E-state index in [1.54, 1.807) is 12.4 Å². The number of anilines is 1. The molecule has 0 aliphatic carbocycles. The van der Waals surface area contributed by atoms with E-state index < -0.39 is 0 Å². The van der Waals surface area contributed by atoms with Crippen molar-refractivity contribution in [2.24, 2.45) is 0 Å². The van der Waals surface area contributed by atoms with Crippen LogP contribution in [0.1, 0.15) is 26.0 Å². The Hall–Kier alpha value is -1.16. The van der Waals surface area contributed by atoms with Gasteiger partial charge in [-0.05, 0) is 13.3 Å². The van der Waals surface area contributed by atoms with Crippen LogP contribution in [-0.4, -0.2) is 28.2 Å². The molecule has 0 spiro atoms. The van der Waals surface area contributed by atoms with Gasteiger partial charge in [0.2, 0.25) is 0 Å². The van der Waals surface area contributed by atoms with Crippen molar-refractivity contribution < 1.29 is 5.11 Å². The molecule has 0 aliphatic rings. The first-order valence-corrected chi connectivity index (χ1v) is 4.83. The molecule has 1 rings (SSSR count). The molecule has 78 valence electrons. The predicted molar refractivity (Wildman–Crippen MR) is 56.1 cm³/mol. The third-order valence-electron chi connectivity index (χ3n) is 2.45. The van der Waals surface area contributed by atoms with Crippen molar-refractivity contribution in [3.63, 3.8) is 0 Å². The molecule has 14 heavy (non-hydrogen) atoms. The number of hydrogen-bond acceptors (Lipinski definition) is 4. The lowest BCUT2D eigenvalue weighted by molar-refractivity contribution is 0.276. The van der Waals surface area contributed by atoms with E-state index in [0.717, 1.165) is 12.2 Å². The van der Waals surface area contributed by atoms with Gasteiger partial charge in [0.1, 0.15) is 5.82 Å². The lowest BCUT2D eigenvalue weighted by Crippen LogP contribution is -2.29. The van der Waals surface area contributed by atoms with Crippen molar-refractivity contribution >= 4 is 5.82 Å². The predicted octanol–water partition coefficient (Wildman–Crippen LogP) is 1.20. The zero-order valence-corrected chi connectivity index (χ0v) is 8.94. The van der Waals surface area contributed by atoms with E-state index in [9.17, 15) is 0 Å². The molecule has 1 unspecified atom stereocenters. The van der Waals surface area contributed by atoms with Crippen LogP contribution in [0.5, 0.6) is 0 Å². The number of aromatic nitrogens is 2. The first kappa shape index (κ1) is 10.9. The molecule has 0 radical (unpaired) electrons. The summed E-state index contributed by atoms with van der Waals surface area (Å²) >= 11 is 0. The summed E-state index contributed by atoms with van der Waals surface area (Å²) in [5.74, 6) is 0.811. The van der Waals surface area contributed by atoms with Crippen LogP contribution in [0.2, 0.25) is 0 Å². The molecule has 1 aromatic rings. The Balaban J connectivity index is 2.83. The van der Waals surface area contributed by atoms with Crippen LogP contribution in [0.15, 0.2) is 12.4 Å². The average Bonchev–Trinajstić information content (AvgIpc) is 2.27. The fourth-order valence-corrected chi connectivity index (χ4v) is 1.14. The molecule has 0 saturated heterocycles. The minimum Gasteiger partial charge on any atom is -0.390 e. The first-order valence-electron chi connectivity index (χ1n) is 4.83. The zero-order chi connectivity index (χ0) is 10.6. The van der Waals surface area contributed by atoms with Crippen molar-refractivity contribution in [1.29, 1.82) is 0 Å². The molecule has 1 atom stereocenters. The second-order valence-electron chi connectivity index (χ2n) is 3.39. The molecule has 0 fully saturated rings. The third-order valence-corrected chi connectivity index (χ3v) is 2.45. The summed E-state index contributed by atoms with van der Waals surface area (Å²) in [5, 5.41) is 8.92. The number of rotatable bonds is 4. The third kappa shape index (κ3) is 2.42. The quantitative estimate of drug-likeness (QED) is 0.784. The van der Waals surface area contributed by atoms with Gasteiger partial charge in [-0.25, -0.2) is 4.98 Å². The van der Waals surface area contributed by atoms with Crippen molar-refractivity contribution in [3.05, 3.63) is 18.1 Å². The second kappa shape index (κ2) is 4.91. The molecule has 4 heteroatoms. The van der Waals surface area contributed by atoms with Crippen LogP contribution >= 0.6 is 0 Å². The Bertz CT molecular complexity index is 290. The molecule has 1 heterocycles. The van der Waals surface area contributed by atoms with Crippen molar-refractivity contribution in [1.82, 2.24) is 9.97 Å². The maximum atomic E-state index is 8.92. The highest BCUT2D eigenvalue weighted by Gasteiger charge is 2.09. The minimum absolute atomic E-state index is 0.0603. The maximum absolute atomic E-state index is 8.92. The van der Waals surface area contributed by atoms with Gasteiger partial charge >= 0.3 is 0 Å². The molecule has 4 nitrogen and oxygen atoms in total. The number of hydrogen-bond donors (Lipinski definition) is 1. The molecule has 1 aromatic heterocycles. The van der Waals surface area contributed by atoms with Crippen LogP contribution in [0, 0.1) is 0 Å². The summed E-state index contributed by atoms with van der Waals surface area (Å²) in [6.45, 7) is 4.20. The largest absolute Gasteiger partial charge is 0.390 e. The summed E-state index contributed by atoms with van der Waals surface area (Å²) in [6.07, 6.45) is 4.35. The van der Waals surface area contributed by atoms with Crippen molar-refractivity contribution in [2.75, 3.05) is 11.9 Å². The lowest BCUT2D eigenvalue weighted by atomic mass is 10.2. The minimum atomic E-state index is -0.0603. The maximum Gasteiger partial charge on any atom is 0.147 e. The Morgan fingerprint density at radius 2 is 2.21 bits per heavy atom. The smallest absolute Gasteiger partial charge is 0.147 e. The molecule has 0 saturated carbocycles. The summed E-state index contributed by atoms with van der Waals surface area (Å²) < 4.78 is 0. The number of aliphatic hydroxyl groups is 1. The Kier molecular flexibility index (Phi) is 3.83. The van der Waals surface area contributed by atoms with Gasteiger partial charge in [-0.2, -0.15) is 0 Å². The van der Waals surface area contributed by atoms with Crippen LogP contribution in [0.25, 0.3) is 0 Å². The SMILES string of the molecule is CCC(C)N(C)c1cncc(CO)n1. The molecular weight excluding hydrogens is 178 g/mol. The topological polar surface area (TPSA) is 49.2 Å². The normalized spacial score (nSPS) is 12.6. The Morgan fingerprint density at radius 3 is 2.79 bits per heavy atom. The summed E-state index contributed by atoms with van der Waals surface area (Å²) in [4.78, 5) is 10.4. The first-order chi connectivity index (χ1) is 6.69. The summed E-state index contributed by atoms with van der Waals surface area (Å²) in [7, 11) is 1.99. The molecule has 0 aromatic carbocycles. The molecule has 0 amide bonds. The van der Waals surface area contributed by atoms with Gasteiger partial charge in [0.15, 0.2) is 0 Å². The number of aliphatic hydroxyl groups excluding tert-OH is 1. The van der Waals surface area contributed by atoms with E-state index in [0.29, 0.717) is 11.7 Å². The highest BCUT2D eigenvalue weighted by Crippen LogP contribution is 2.12. The average molecular weight is 195 g/mol. The Labute approximate surface area is 84.6 Å². The molecule has 1 N–H and O–H groups in total. The van der Waals surface area contributed by atoms with Crippen LogP contribution in [0.3, 0.4) is 0 Å². The van der Waals surface area contributed by atoms with E-state index in [-0.39, 0.29) is 6.61 Å². The summed E-state index contributed by atoms with van der Waals surface area (Å²) in [6, 6.07) is 0.429. The van der Waals surface area contributed by atoms with Crippen molar-refractivity contribution in [2.45, 2.75) is 32.9 Å². The van der Waals surface area contributed by atoms with E-state index in [1.807, 2.05) is 7.05 Å². The van der Waals surface area contributed by atoms with Crippen molar-refractivity contribution in [3.8, 4) is 0 Å². The molecule has 0 bridgehead atoms. The van der Waals surface area contributed by atoms with Gasteiger partial charge in [0, 0.05) is 13.1 Å². The highest BCUT2D eigenvalue weighted by atomic mass is 16.3. The highest BCUT2D eigenvalue weighted by molar-refractivity contribution is 5.36. The standard InChI is InChI=1S/C10H17N3O/c1-4-8(2)13(3)10-6-11-5-9(7-14)12-10/h5-6,8,14H,4,7H2,1-3H3. The van der Waals surface area contributed by atoms with E-state index >= 15 is 0 Å². The number of nitrogens with zero attached hydrogens (tertiary/aromatic N) is 3. The molecule has 0 aliphatic heterocycles. The van der Waals surface area contributed by atoms with Gasteiger partial charge in [0.25, 0.3) is 0 Å². The fourth-order valence-electron chi connectivity index (χ4n) is 1.14. The van der Waals surface area contributed by atoms with Gasteiger partial charge in [-0.15, -0.1) is 0 Å². The van der Waals surface area contributed by atoms with Crippen LogP contribution in [0.4, 0.5) is 5.82 Å². The lowest BCUT2D eigenvalue weighted by Gasteiger charge is -2.24. The van der Waals surface area contributed by atoms with E-state index in [2.05, 4.69) is 28.7 Å². The molecular formula is C10H17N3O.